The number of hydrogen-bond acceptors (Lipinski definition) is 5. The van der Waals surface area contributed by atoms with Gasteiger partial charge in [-0.1, -0.05) is 6.07 Å². The Bertz CT molecular complexity index is 780. The molecule has 0 amide bonds. The molecule has 2 aromatic rings. The zero-order chi connectivity index (χ0) is 14.3. The number of hydrogen-bond donors (Lipinski definition) is 3. The van der Waals surface area contributed by atoms with Gasteiger partial charge in [0.2, 0.25) is 5.88 Å². The number of phenols is 1. The molecule has 3 N–H and O–H groups in total. The molecule has 0 fully saturated rings. The highest BCUT2D eigenvalue weighted by atomic mass is 32.2. The first-order valence-corrected chi connectivity index (χ1v) is 7.00. The standard InChI is InChI=1S/C12H10N2O5S/c15-11-2-1-8(9-3-4-19-7-9)5-10(11)14-6-12(16)13-20(14,17)18/h1-7,13,15-16H. The Kier molecular flexibility index (Phi) is 2.61. The van der Waals surface area contributed by atoms with Gasteiger partial charge in [0, 0.05) is 5.56 Å². The molecule has 1 aromatic carbocycles. The molecule has 1 aliphatic heterocycles. The first-order valence-electron chi connectivity index (χ1n) is 5.56. The van der Waals surface area contributed by atoms with Crippen molar-refractivity contribution in [3.8, 4) is 16.9 Å². The second-order valence-electron chi connectivity index (χ2n) is 4.13. The lowest BCUT2D eigenvalue weighted by Gasteiger charge is -2.16. The molecule has 1 aliphatic rings. The summed E-state index contributed by atoms with van der Waals surface area (Å²) in [7, 11) is -3.94. The summed E-state index contributed by atoms with van der Waals surface area (Å²) in [5.41, 5.74) is 1.44. The Balaban J connectivity index is 2.12. The van der Waals surface area contributed by atoms with Crippen molar-refractivity contribution in [1.29, 1.82) is 0 Å². The summed E-state index contributed by atoms with van der Waals surface area (Å²) in [6, 6.07) is 6.19. The highest BCUT2D eigenvalue weighted by molar-refractivity contribution is 7.91. The highest BCUT2D eigenvalue weighted by Gasteiger charge is 2.30. The van der Waals surface area contributed by atoms with E-state index in [4.69, 9.17) is 4.42 Å². The number of aliphatic hydroxyl groups is 1. The van der Waals surface area contributed by atoms with E-state index in [1.165, 1.54) is 24.7 Å². The summed E-state index contributed by atoms with van der Waals surface area (Å²) in [6.07, 6.45) is 3.96. The van der Waals surface area contributed by atoms with Gasteiger partial charge in [-0.05, 0) is 23.8 Å². The maximum atomic E-state index is 11.8. The van der Waals surface area contributed by atoms with Crippen molar-refractivity contribution in [3.05, 3.63) is 48.9 Å². The lowest BCUT2D eigenvalue weighted by Crippen LogP contribution is -2.29. The Labute approximate surface area is 114 Å². The van der Waals surface area contributed by atoms with Crippen LogP contribution in [0.2, 0.25) is 0 Å². The summed E-state index contributed by atoms with van der Waals surface area (Å²) in [4.78, 5) is 0. The van der Waals surface area contributed by atoms with Crippen LogP contribution in [-0.2, 0) is 10.2 Å². The third-order valence-electron chi connectivity index (χ3n) is 2.80. The maximum Gasteiger partial charge on any atom is 0.330 e. The zero-order valence-electron chi connectivity index (χ0n) is 10.0. The highest BCUT2D eigenvalue weighted by Crippen LogP contribution is 2.35. The molecule has 20 heavy (non-hydrogen) atoms. The van der Waals surface area contributed by atoms with Crippen molar-refractivity contribution in [2.75, 3.05) is 4.31 Å². The second-order valence-corrected chi connectivity index (χ2v) is 5.68. The van der Waals surface area contributed by atoms with Crippen LogP contribution in [-0.4, -0.2) is 18.6 Å². The third kappa shape index (κ3) is 1.95. The molecule has 8 heteroatoms. The number of benzene rings is 1. The van der Waals surface area contributed by atoms with E-state index in [2.05, 4.69) is 0 Å². The molecule has 0 spiro atoms. The van der Waals surface area contributed by atoms with E-state index < -0.39 is 16.1 Å². The number of rotatable bonds is 2. The quantitative estimate of drug-likeness (QED) is 0.781. The number of aliphatic hydroxyl groups excluding tert-OH is 1. The lowest BCUT2D eigenvalue weighted by atomic mass is 10.1. The van der Waals surface area contributed by atoms with E-state index in [1.807, 2.05) is 4.72 Å². The fourth-order valence-corrected chi connectivity index (χ4v) is 2.95. The Morgan fingerprint density at radius 2 is 1.95 bits per heavy atom. The molecule has 0 aliphatic carbocycles. The van der Waals surface area contributed by atoms with Crippen LogP contribution in [0.1, 0.15) is 0 Å². The molecule has 1 aromatic heterocycles. The van der Waals surface area contributed by atoms with Gasteiger partial charge in [0.1, 0.15) is 11.4 Å². The molecular weight excluding hydrogens is 284 g/mol. The van der Waals surface area contributed by atoms with Gasteiger partial charge in [-0.25, -0.2) is 9.03 Å². The van der Waals surface area contributed by atoms with E-state index in [0.717, 1.165) is 16.1 Å². The Morgan fingerprint density at radius 3 is 2.55 bits per heavy atom. The average Bonchev–Trinajstić information content (AvgIpc) is 2.98. The average molecular weight is 294 g/mol. The van der Waals surface area contributed by atoms with Gasteiger partial charge in [-0.3, -0.25) is 0 Å². The fourth-order valence-electron chi connectivity index (χ4n) is 1.90. The van der Waals surface area contributed by atoms with Crippen molar-refractivity contribution in [2.45, 2.75) is 0 Å². The molecule has 2 heterocycles. The van der Waals surface area contributed by atoms with Gasteiger partial charge in [0.05, 0.1) is 18.7 Å². The smallest absolute Gasteiger partial charge is 0.330 e. The predicted molar refractivity (Wildman–Crippen MR) is 71.1 cm³/mol. The second kappa shape index (κ2) is 4.20. The molecule has 0 bridgehead atoms. The van der Waals surface area contributed by atoms with Crippen molar-refractivity contribution in [1.82, 2.24) is 4.72 Å². The van der Waals surface area contributed by atoms with Crippen LogP contribution in [0.5, 0.6) is 5.75 Å². The number of nitrogens with zero attached hydrogens (tertiary/aromatic N) is 1. The molecule has 104 valence electrons. The molecule has 3 rings (SSSR count). The molecule has 0 atom stereocenters. The monoisotopic (exact) mass is 294 g/mol. The number of nitrogens with one attached hydrogen (secondary N) is 1. The SMILES string of the molecule is O=S1(=O)NC(O)=CN1c1cc(-c2ccoc2)ccc1O. The molecule has 0 radical (unpaired) electrons. The normalized spacial score (nSPS) is 16.8. The van der Waals surface area contributed by atoms with E-state index in [-0.39, 0.29) is 11.4 Å². The van der Waals surface area contributed by atoms with Gasteiger partial charge in [0.15, 0.2) is 0 Å². The lowest BCUT2D eigenvalue weighted by molar-refractivity contribution is 0.392. The molecule has 0 saturated carbocycles. The van der Waals surface area contributed by atoms with Gasteiger partial charge < -0.3 is 14.6 Å². The summed E-state index contributed by atoms with van der Waals surface area (Å²) in [5, 5.41) is 19.1. The largest absolute Gasteiger partial charge is 0.506 e. The minimum Gasteiger partial charge on any atom is -0.506 e. The first-order chi connectivity index (χ1) is 9.47. The molecular formula is C12H10N2O5S. The third-order valence-corrected chi connectivity index (χ3v) is 4.09. The van der Waals surface area contributed by atoms with Crippen LogP contribution in [0.25, 0.3) is 11.1 Å². The minimum absolute atomic E-state index is 0.0280. The van der Waals surface area contributed by atoms with Crippen LogP contribution in [0.4, 0.5) is 5.69 Å². The van der Waals surface area contributed by atoms with Crippen LogP contribution < -0.4 is 9.03 Å². The van der Waals surface area contributed by atoms with E-state index in [9.17, 15) is 18.6 Å². The number of furan rings is 1. The van der Waals surface area contributed by atoms with Gasteiger partial charge in [0.25, 0.3) is 0 Å². The minimum atomic E-state index is -3.94. The Hall–Kier alpha value is -2.61. The number of aromatic hydroxyl groups is 1. The summed E-state index contributed by atoms with van der Waals surface area (Å²) < 4.78 is 31.2. The fraction of sp³-hybridized carbons (Fsp3) is 0. The zero-order valence-corrected chi connectivity index (χ0v) is 10.8. The van der Waals surface area contributed by atoms with Crippen molar-refractivity contribution >= 4 is 15.9 Å². The van der Waals surface area contributed by atoms with E-state index >= 15 is 0 Å². The van der Waals surface area contributed by atoms with Crippen molar-refractivity contribution in [3.63, 3.8) is 0 Å². The molecule has 7 nitrogen and oxygen atoms in total. The van der Waals surface area contributed by atoms with Gasteiger partial charge >= 0.3 is 10.2 Å². The summed E-state index contributed by atoms with van der Waals surface area (Å²) in [6.45, 7) is 0. The van der Waals surface area contributed by atoms with E-state index in [0.29, 0.717) is 5.56 Å². The first kappa shape index (κ1) is 12.4. The Morgan fingerprint density at radius 1 is 1.15 bits per heavy atom. The van der Waals surface area contributed by atoms with Crippen LogP contribution in [0, 0.1) is 0 Å². The topological polar surface area (TPSA) is 103 Å². The van der Waals surface area contributed by atoms with Crippen LogP contribution >= 0.6 is 0 Å². The van der Waals surface area contributed by atoms with E-state index in [1.54, 1.807) is 12.1 Å². The van der Waals surface area contributed by atoms with Crippen molar-refractivity contribution < 1.29 is 23.0 Å². The predicted octanol–water partition coefficient (Wildman–Crippen LogP) is 1.66. The molecule has 0 unspecified atom stereocenters. The summed E-state index contributed by atoms with van der Waals surface area (Å²) >= 11 is 0. The number of anilines is 1. The van der Waals surface area contributed by atoms with Crippen LogP contribution in [0.15, 0.2) is 53.3 Å². The van der Waals surface area contributed by atoms with Gasteiger partial charge in [-0.15, -0.1) is 0 Å². The van der Waals surface area contributed by atoms with Gasteiger partial charge in [-0.2, -0.15) is 8.42 Å². The van der Waals surface area contributed by atoms with Crippen molar-refractivity contribution in [2.24, 2.45) is 0 Å². The molecule has 0 saturated heterocycles. The summed E-state index contributed by atoms with van der Waals surface area (Å²) in [5.74, 6) is -0.744. The van der Waals surface area contributed by atoms with Crippen LogP contribution in [0.3, 0.4) is 0 Å². The maximum absolute atomic E-state index is 11.8. The number of phenolic OH excluding ortho intramolecular Hbond substituents is 1.